The molecule has 0 heterocycles. The van der Waals surface area contributed by atoms with E-state index in [0.29, 0.717) is 6.29 Å². The molecular formula is C11H9N3O5. The van der Waals surface area contributed by atoms with E-state index in [4.69, 9.17) is 0 Å². The maximum Gasteiger partial charge on any atom is 0.299 e. The molecule has 1 N–H and O–H groups in total. The number of nitrogens with zero attached hydrogens (tertiary/aromatic N) is 2. The second kappa shape index (κ2) is 6.64. The molecule has 0 spiro atoms. The van der Waals surface area contributed by atoms with Gasteiger partial charge in [-0.05, 0) is 18.2 Å². The Kier molecular flexibility index (Phi) is 4.91. The molecule has 1 aromatic rings. The highest BCUT2D eigenvalue weighted by Crippen LogP contribution is 2.28. The van der Waals surface area contributed by atoms with Crippen molar-refractivity contribution in [3.05, 3.63) is 62.9 Å². The molecule has 0 fully saturated rings. The molecule has 19 heavy (non-hydrogen) atoms. The van der Waals surface area contributed by atoms with Gasteiger partial charge in [0.05, 0.1) is 15.9 Å². The highest BCUT2D eigenvalue weighted by Gasteiger charge is 2.18. The molecule has 0 aliphatic heterocycles. The van der Waals surface area contributed by atoms with Gasteiger partial charge in [-0.2, -0.15) is 0 Å². The van der Waals surface area contributed by atoms with Crippen molar-refractivity contribution >= 4 is 23.3 Å². The molecule has 0 saturated carbocycles. The highest BCUT2D eigenvalue weighted by molar-refractivity contribution is 5.67. The zero-order valence-corrected chi connectivity index (χ0v) is 9.55. The van der Waals surface area contributed by atoms with Crippen LogP contribution < -0.4 is 5.32 Å². The Morgan fingerprint density at radius 3 is 2.37 bits per heavy atom. The molecule has 0 radical (unpaired) electrons. The average Bonchev–Trinajstić information content (AvgIpc) is 2.38. The molecule has 0 aliphatic rings. The van der Waals surface area contributed by atoms with Crippen LogP contribution in [0.25, 0.3) is 0 Å². The topological polar surface area (TPSA) is 115 Å². The number of hydrogen-bond donors (Lipinski definition) is 1. The van der Waals surface area contributed by atoms with Crippen molar-refractivity contribution < 1.29 is 14.6 Å². The monoisotopic (exact) mass is 263 g/mol. The zero-order valence-electron chi connectivity index (χ0n) is 9.55. The molecule has 1 aromatic carbocycles. The molecule has 98 valence electrons. The molecule has 0 aliphatic carbocycles. The lowest BCUT2D eigenvalue weighted by Crippen LogP contribution is -1.97. The Hall–Kier alpha value is -3.03. The van der Waals surface area contributed by atoms with Crippen LogP contribution in [0.4, 0.5) is 17.1 Å². The van der Waals surface area contributed by atoms with Gasteiger partial charge in [-0.15, -0.1) is 0 Å². The summed E-state index contributed by atoms with van der Waals surface area (Å²) in [7, 11) is 0. The van der Waals surface area contributed by atoms with Crippen molar-refractivity contribution in [3.63, 3.8) is 0 Å². The number of non-ortho nitro benzene ring substituents is 1. The van der Waals surface area contributed by atoms with Crippen LogP contribution in [0.1, 0.15) is 0 Å². The van der Waals surface area contributed by atoms with Crippen LogP contribution in [-0.2, 0) is 4.79 Å². The van der Waals surface area contributed by atoms with Crippen molar-refractivity contribution in [2.24, 2.45) is 0 Å². The summed E-state index contributed by atoms with van der Waals surface area (Å²) in [4.78, 5) is 29.9. The van der Waals surface area contributed by atoms with Gasteiger partial charge in [-0.1, -0.05) is 6.08 Å². The highest BCUT2D eigenvalue weighted by atomic mass is 16.6. The van der Waals surface area contributed by atoms with Gasteiger partial charge in [0.1, 0.15) is 12.0 Å². The summed E-state index contributed by atoms with van der Waals surface area (Å²) in [6.45, 7) is 0. The lowest BCUT2D eigenvalue weighted by Gasteiger charge is -2.01. The zero-order chi connectivity index (χ0) is 14.3. The summed E-state index contributed by atoms with van der Waals surface area (Å²) < 4.78 is 0. The van der Waals surface area contributed by atoms with E-state index in [2.05, 4.69) is 5.32 Å². The first-order valence-corrected chi connectivity index (χ1v) is 5.02. The van der Waals surface area contributed by atoms with Gasteiger partial charge in [0.15, 0.2) is 0 Å². The van der Waals surface area contributed by atoms with Gasteiger partial charge < -0.3 is 5.32 Å². The van der Waals surface area contributed by atoms with E-state index < -0.39 is 15.5 Å². The SMILES string of the molecule is O=C/C=C\C=C/Nc1ccc([N+](=O)[O-])cc1[N+](=O)[O-]. The van der Waals surface area contributed by atoms with Crippen LogP contribution in [0.3, 0.4) is 0 Å². The van der Waals surface area contributed by atoms with Gasteiger partial charge in [-0.3, -0.25) is 25.0 Å². The lowest BCUT2D eigenvalue weighted by molar-refractivity contribution is -0.393. The Morgan fingerprint density at radius 1 is 1.05 bits per heavy atom. The van der Waals surface area contributed by atoms with Crippen LogP contribution in [0, 0.1) is 20.2 Å². The number of nitro benzene ring substituents is 2. The molecule has 0 amide bonds. The first-order valence-electron chi connectivity index (χ1n) is 5.02. The lowest BCUT2D eigenvalue weighted by atomic mass is 10.2. The average molecular weight is 263 g/mol. The minimum absolute atomic E-state index is 0.117. The Balaban J connectivity index is 2.97. The van der Waals surface area contributed by atoms with E-state index in [0.717, 1.165) is 12.1 Å². The van der Waals surface area contributed by atoms with E-state index in [9.17, 15) is 25.0 Å². The first kappa shape index (κ1) is 14.0. The molecule has 8 heteroatoms. The predicted molar refractivity (Wildman–Crippen MR) is 67.7 cm³/mol. The van der Waals surface area contributed by atoms with Crippen LogP contribution in [0.5, 0.6) is 0 Å². The van der Waals surface area contributed by atoms with Crippen LogP contribution in [-0.4, -0.2) is 16.1 Å². The molecule has 1 rings (SSSR count). The fraction of sp³-hybridized carbons (Fsp3) is 0. The third kappa shape index (κ3) is 4.04. The van der Waals surface area contributed by atoms with Crippen LogP contribution in [0.15, 0.2) is 42.6 Å². The van der Waals surface area contributed by atoms with Crippen molar-refractivity contribution in [1.82, 2.24) is 0 Å². The number of nitro groups is 2. The largest absolute Gasteiger partial charge is 0.356 e. The van der Waals surface area contributed by atoms with Crippen molar-refractivity contribution in [2.75, 3.05) is 5.32 Å². The number of aldehydes is 1. The number of nitrogens with one attached hydrogen (secondary N) is 1. The van der Waals surface area contributed by atoms with Crippen molar-refractivity contribution in [3.8, 4) is 0 Å². The number of hydrogen-bond acceptors (Lipinski definition) is 6. The number of rotatable bonds is 6. The van der Waals surface area contributed by atoms with Crippen molar-refractivity contribution in [2.45, 2.75) is 0 Å². The van der Waals surface area contributed by atoms with E-state index in [1.54, 1.807) is 0 Å². The summed E-state index contributed by atoms with van der Waals surface area (Å²) in [5.74, 6) is 0. The van der Waals surface area contributed by atoms with E-state index >= 15 is 0 Å². The normalized spacial score (nSPS) is 10.7. The van der Waals surface area contributed by atoms with Gasteiger partial charge >= 0.3 is 0 Å². The quantitative estimate of drug-likeness (QED) is 0.276. The van der Waals surface area contributed by atoms with Gasteiger partial charge in [0, 0.05) is 12.3 Å². The second-order valence-electron chi connectivity index (χ2n) is 3.24. The van der Waals surface area contributed by atoms with Gasteiger partial charge in [0.2, 0.25) is 0 Å². The third-order valence-electron chi connectivity index (χ3n) is 2.02. The number of anilines is 1. The Morgan fingerprint density at radius 2 is 1.79 bits per heavy atom. The summed E-state index contributed by atoms with van der Waals surface area (Å²) in [6.07, 6.45) is 6.08. The Labute approximate surface area is 107 Å². The number of benzene rings is 1. The summed E-state index contributed by atoms with van der Waals surface area (Å²) in [6, 6.07) is 3.27. The molecule has 0 unspecified atom stereocenters. The maximum atomic E-state index is 10.8. The molecule has 0 aromatic heterocycles. The number of allylic oxidation sites excluding steroid dienone is 3. The molecule has 0 atom stereocenters. The third-order valence-corrected chi connectivity index (χ3v) is 2.02. The van der Waals surface area contributed by atoms with Gasteiger partial charge in [0.25, 0.3) is 11.4 Å². The summed E-state index contributed by atoms with van der Waals surface area (Å²) >= 11 is 0. The summed E-state index contributed by atoms with van der Waals surface area (Å²) in [5.41, 5.74) is -0.647. The van der Waals surface area contributed by atoms with Crippen LogP contribution in [0.2, 0.25) is 0 Å². The fourth-order valence-corrected chi connectivity index (χ4v) is 1.21. The minimum atomic E-state index is -0.718. The Bertz CT molecular complexity index is 565. The standard InChI is InChI=1S/C11H9N3O5/c15-7-3-1-2-6-12-10-5-4-9(13(16)17)8-11(10)14(18)19/h1-8,12H/b3-1-,6-2-. The predicted octanol–water partition coefficient (Wildman–Crippen LogP) is 2.18. The molecule has 8 nitrogen and oxygen atoms in total. The molecule has 0 saturated heterocycles. The second-order valence-corrected chi connectivity index (χ2v) is 3.24. The smallest absolute Gasteiger partial charge is 0.299 e. The number of carbonyl (C=O) groups excluding carboxylic acids is 1. The molecular weight excluding hydrogens is 254 g/mol. The summed E-state index contributed by atoms with van der Waals surface area (Å²) in [5, 5.41) is 23.9. The van der Waals surface area contributed by atoms with E-state index in [1.165, 1.54) is 30.5 Å². The van der Waals surface area contributed by atoms with Crippen molar-refractivity contribution in [1.29, 1.82) is 0 Å². The van der Waals surface area contributed by atoms with Gasteiger partial charge in [-0.25, -0.2) is 0 Å². The van der Waals surface area contributed by atoms with E-state index in [1.807, 2.05) is 0 Å². The van der Waals surface area contributed by atoms with E-state index in [-0.39, 0.29) is 11.4 Å². The number of carbonyl (C=O) groups is 1. The fourth-order valence-electron chi connectivity index (χ4n) is 1.21. The van der Waals surface area contributed by atoms with Crippen LogP contribution >= 0.6 is 0 Å². The maximum absolute atomic E-state index is 10.8. The molecule has 0 bridgehead atoms. The first-order chi connectivity index (χ1) is 9.06. The minimum Gasteiger partial charge on any atom is -0.356 e.